The summed E-state index contributed by atoms with van der Waals surface area (Å²) in [6.07, 6.45) is -0.328. The standard InChI is InChI=1S/C11H18N2O5/c1-8(14)12-3-4-18-10(5-12)6-13(9(2)15)7-11(16)17/h10H,3-7H2,1-2H3,(H,16,17). The zero-order valence-corrected chi connectivity index (χ0v) is 10.6. The van der Waals surface area contributed by atoms with Crippen LogP contribution in [0, 0.1) is 0 Å². The van der Waals surface area contributed by atoms with E-state index in [1.54, 1.807) is 4.90 Å². The van der Waals surface area contributed by atoms with Crippen LogP contribution in [-0.4, -0.2) is 71.6 Å². The molecule has 0 radical (unpaired) electrons. The van der Waals surface area contributed by atoms with E-state index in [1.807, 2.05) is 0 Å². The number of hydrogen-bond donors (Lipinski definition) is 1. The Kier molecular flexibility index (Phi) is 5.08. The molecule has 1 fully saturated rings. The fourth-order valence-electron chi connectivity index (χ4n) is 1.83. The van der Waals surface area contributed by atoms with Gasteiger partial charge in [0.05, 0.1) is 12.7 Å². The lowest BCUT2D eigenvalue weighted by Crippen LogP contribution is -2.50. The van der Waals surface area contributed by atoms with Gasteiger partial charge in [-0.25, -0.2) is 0 Å². The van der Waals surface area contributed by atoms with Gasteiger partial charge >= 0.3 is 5.97 Å². The summed E-state index contributed by atoms with van der Waals surface area (Å²) < 4.78 is 5.44. The molecule has 1 atom stereocenters. The molecule has 0 bridgehead atoms. The second-order valence-electron chi connectivity index (χ2n) is 4.25. The van der Waals surface area contributed by atoms with Crippen molar-refractivity contribution in [3.8, 4) is 0 Å². The van der Waals surface area contributed by atoms with Gasteiger partial charge in [-0.05, 0) is 0 Å². The Labute approximate surface area is 105 Å². The zero-order valence-electron chi connectivity index (χ0n) is 10.6. The van der Waals surface area contributed by atoms with Gasteiger partial charge in [-0.1, -0.05) is 0 Å². The van der Waals surface area contributed by atoms with E-state index in [0.717, 1.165) is 0 Å². The minimum absolute atomic E-state index is 0.0455. The van der Waals surface area contributed by atoms with Gasteiger partial charge < -0.3 is 19.6 Å². The maximum atomic E-state index is 11.3. The molecule has 102 valence electrons. The molecule has 2 amide bonds. The molecule has 18 heavy (non-hydrogen) atoms. The van der Waals surface area contributed by atoms with Crippen molar-refractivity contribution in [1.82, 2.24) is 9.80 Å². The molecule has 1 rings (SSSR count). The first-order valence-electron chi connectivity index (χ1n) is 5.74. The summed E-state index contributed by atoms with van der Waals surface area (Å²) in [7, 11) is 0. The second-order valence-corrected chi connectivity index (χ2v) is 4.25. The van der Waals surface area contributed by atoms with Crippen molar-refractivity contribution in [2.24, 2.45) is 0 Å². The van der Waals surface area contributed by atoms with E-state index in [9.17, 15) is 14.4 Å². The molecule has 1 aliphatic rings. The van der Waals surface area contributed by atoms with Gasteiger partial charge in [0.1, 0.15) is 6.54 Å². The molecule has 0 saturated carbocycles. The third kappa shape index (κ3) is 4.33. The van der Waals surface area contributed by atoms with Crippen LogP contribution in [0.2, 0.25) is 0 Å². The maximum Gasteiger partial charge on any atom is 0.323 e. The maximum absolute atomic E-state index is 11.3. The zero-order chi connectivity index (χ0) is 13.7. The first-order chi connectivity index (χ1) is 8.40. The van der Waals surface area contributed by atoms with Gasteiger partial charge in [-0.2, -0.15) is 0 Å². The monoisotopic (exact) mass is 258 g/mol. The van der Waals surface area contributed by atoms with Crippen LogP contribution in [0.25, 0.3) is 0 Å². The predicted octanol–water partition coefficient (Wildman–Crippen LogP) is -0.833. The van der Waals surface area contributed by atoms with E-state index < -0.39 is 5.97 Å². The van der Waals surface area contributed by atoms with Crippen LogP contribution in [0.1, 0.15) is 13.8 Å². The number of aliphatic carboxylic acids is 1. The number of morpholine rings is 1. The quantitative estimate of drug-likeness (QED) is 0.711. The van der Waals surface area contributed by atoms with E-state index in [4.69, 9.17) is 9.84 Å². The summed E-state index contributed by atoms with van der Waals surface area (Å²) in [5.41, 5.74) is 0. The largest absolute Gasteiger partial charge is 0.480 e. The van der Waals surface area contributed by atoms with Gasteiger partial charge in [-0.3, -0.25) is 14.4 Å². The average Bonchev–Trinajstić information content (AvgIpc) is 2.27. The van der Waals surface area contributed by atoms with E-state index in [1.165, 1.54) is 18.7 Å². The van der Waals surface area contributed by atoms with Gasteiger partial charge in [-0.15, -0.1) is 0 Å². The Balaban J connectivity index is 2.55. The summed E-state index contributed by atoms with van der Waals surface area (Å²) in [4.78, 5) is 36.0. The fraction of sp³-hybridized carbons (Fsp3) is 0.727. The molecular formula is C11H18N2O5. The highest BCUT2D eigenvalue weighted by atomic mass is 16.5. The number of amides is 2. The van der Waals surface area contributed by atoms with Crippen LogP contribution in [0.4, 0.5) is 0 Å². The van der Waals surface area contributed by atoms with E-state index in [2.05, 4.69) is 0 Å². The fourth-order valence-corrected chi connectivity index (χ4v) is 1.83. The predicted molar refractivity (Wildman–Crippen MR) is 61.9 cm³/mol. The molecule has 1 unspecified atom stereocenters. The molecule has 0 aromatic carbocycles. The number of rotatable bonds is 4. The number of carbonyl (C=O) groups is 3. The summed E-state index contributed by atoms with van der Waals surface area (Å²) in [6.45, 7) is 3.95. The number of hydrogen-bond acceptors (Lipinski definition) is 4. The van der Waals surface area contributed by atoms with Crippen LogP contribution >= 0.6 is 0 Å². The molecule has 0 spiro atoms. The lowest BCUT2D eigenvalue weighted by Gasteiger charge is -2.34. The van der Waals surface area contributed by atoms with Crippen molar-refractivity contribution in [1.29, 1.82) is 0 Å². The van der Waals surface area contributed by atoms with Crippen LogP contribution in [-0.2, 0) is 19.1 Å². The highest BCUT2D eigenvalue weighted by Crippen LogP contribution is 2.07. The molecule has 0 aliphatic carbocycles. The van der Waals surface area contributed by atoms with Gasteiger partial charge in [0, 0.05) is 33.5 Å². The molecule has 1 aliphatic heterocycles. The smallest absolute Gasteiger partial charge is 0.323 e. The number of carbonyl (C=O) groups excluding carboxylic acids is 2. The summed E-state index contributed by atoms with van der Waals surface area (Å²) >= 11 is 0. The molecule has 1 N–H and O–H groups in total. The minimum atomic E-state index is -1.07. The second kappa shape index (κ2) is 6.34. The Morgan fingerprint density at radius 2 is 2.06 bits per heavy atom. The molecular weight excluding hydrogens is 240 g/mol. The summed E-state index contributed by atoms with van der Waals surface area (Å²) in [6, 6.07) is 0. The number of ether oxygens (including phenoxy) is 1. The van der Waals surface area contributed by atoms with Crippen molar-refractivity contribution in [3.63, 3.8) is 0 Å². The third-order valence-corrected chi connectivity index (χ3v) is 2.78. The number of nitrogens with zero attached hydrogens (tertiary/aromatic N) is 2. The van der Waals surface area contributed by atoms with Crippen molar-refractivity contribution < 1.29 is 24.2 Å². The Morgan fingerprint density at radius 3 is 2.56 bits per heavy atom. The summed E-state index contributed by atoms with van der Waals surface area (Å²) in [5, 5.41) is 8.70. The van der Waals surface area contributed by atoms with Crippen LogP contribution < -0.4 is 0 Å². The molecule has 7 heteroatoms. The number of carboxylic acids is 1. The lowest BCUT2D eigenvalue weighted by molar-refractivity contribution is -0.147. The topological polar surface area (TPSA) is 87.2 Å². The Morgan fingerprint density at radius 1 is 1.39 bits per heavy atom. The van der Waals surface area contributed by atoms with Gasteiger partial charge in [0.2, 0.25) is 11.8 Å². The van der Waals surface area contributed by atoms with Gasteiger partial charge in [0.15, 0.2) is 0 Å². The van der Waals surface area contributed by atoms with Crippen molar-refractivity contribution in [3.05, 3.63) is 0 Å². The SMILES string of the molecule is CC(=O)N1CCOC(CN(CC(=O)O)C(C)=O)C1. The molecule has 1 saturated heterocycles. The van der Waals surface area contributed by atoms with E-state index in [0.29, 0.717) is 19.7 Å². The normalized spacial score (nSPS) is 19.4. The van der Waals surface area contributed by atoms with Gasteiger partial charge in [0.25, 0.3) is 0 Å². The highest BCUT2D eigenvalue weighted by molar-refractivity contribution is 5.79. The van der Waals surface area contributed by atoms with Crippen LogP contribution in [0.3, 0.4) is 0 Å². The molecule has 1 heterocycles. The lowest BCUT2D eigenvalue weighted by atomic mass is 10.2. The van der Waals surface area contributed by atoms with Crippen LogP contribution in [0.15, 0.2) is 0 Å². The highest BCUT2D eigenvalue weighted by Gasteiger charge is 2.25. The van der Waals surface area contributed by atoms with Crippen molar-refractivity contribution >= 4 is 17.8 Å². The van der Waals surface area contributed by atoms with Crippen molar-refractivity contribution in [2.45, 2.75) is 20.0 Å². The Bertz CT molecular complexity index is 344. The molecule has 7 nitrogen and oxygen atoms in total. The van der Waals surface area contributed by atoms with Crippen LogP contribution in [0.5, 0.6) is 0 Å². The summed E-state index contributed by atoms with van der Waals surface area (Å²) in [5.74, 6) is -1.43. The molecule has 0 aromatic heterocycles. The van der Waals surface area contributed by atoms with E-state index >= 15 is 0 Å². The Hall–Kier alpha value is -1.63. The molecule has 0 aromatic rings. The van der Waals surface area contributed by atoms with Crippen molar-refractivity contribution in [2.75, 3.05) is 32.8 Å². The first kappa shape index (κ1) is 14.4. The minimum Gasteiger partial charge on any atom is -0.480 e. The third-order valence-electron chi connectivity index (χ3n) is 2.78. The first-order valence-corrected chi connectivity index (χ1v) is 5.74. The van der Waals surface area contributed by atoms with E-state index in [-0.39, 0.29) is 31.0 Å². The number of carboxylic acid groups (broad SMARTS) is 1. The average molecular weight is 258 g/mol.